The molecule has 182 valence electrons. The highest BCUT2D eigenvalue weighted by Crippen LogP contribution is 2.24. The molecule has 0 atom stereocenters. The van der Waals surface area contributed by atoms with Crippen LogP contribution in [-0.2, 0) is 0 Å². The number of aromatic nitrogens is 1. The number of carbonyl (C=O) groups excluding carboxylic acids is 2. The fourth-order valence-corrected chi connectivity index (χ4v) is 3.63. The second-order valence-electron chi connectivity index (χ2n) is 8.12. The Balaban J connectivity index is 1.31. The predicted molar refractivity (Wildman–Crippen MR) is 133 cm³/mol. The summed E-state index contributed by atoms with van der Waals surface area (Å²) in [6.45, 7) is 4.01. The number of hydrogen-bond acceptors (Lipinski definition) is 6. The summed E-state index contributed by atoms with van der Waals surface area (Å²) in [5.74, 6) is -0.218. The maximum Gasteiger partial charge on any atom is 0.324 e. The van der Waals surface area contributed by atoms with Crippen molar-refractivity contribution < 1.29 is 18.7 Å². The maximum atomic E-state index is 13.8. The molecular formula is C25H27FN6O3. The quantitative estimate of drug-likeness (QED) is 0.499. The fraction of sp³-hybridized carbons (Fsp3) is 0.240. The minimum atomic E-state index is -0.644. The third-order valence-electron chi connectivity index (χ3n) is 5.62. The van der Waals surface area contributed by atoms with Crippen molar-refractivity contribution in [1.29, 1.82) is 0 Å². The zero-order valence-corrected chi connectivity index (χ0v) is 19.5. The molecule has 0 unspecified atom stereocenters. The molecule has 3 aromatic rings. The number of hydrogen-bond donors (Lipinski definition) is 3. The summed E-state index contributed by atoms with van der Waals surface area (Å²) in [6.07, 6.45) is 1.42. The highest BCUT2D eigenvalue weighted by Gasteiger charge is 2.15. The highest BCUT2D eigenvalue weighted by molar-refractivity contribution is 5.99. The summed E-state index contributed by atoms with van der Waals surface area (Å²) in [5.41, 5.74) is 1.68. The topological polar surface area (TPSA) is 98.8 Å². The van der Waals surface area contributed by atoms with Crippen LogP contribution < -0.4 is 25.6 Å². The summed E-state index contributed by atoms with van der Waals surface area (Å²) in [5, 5.41) is 7.84. The number of likely N-dealkylation sites (N-methyl/N-ethyl adjacent to an activating group) is 1. The SMILES string of the molecule is CNC(=O)c1cc(Oc2ccc(NC(=O)Nc3ccc(N4CCN(C)CC4)cc3)nc2)ccc1F. The minimum Gasteiger partial charge on any atom is -0.456 e. The van der Waals surface area contributed by atoms with Gasteiger partial charge < -0.3 is 25.2 Å². The van der Waals surface area contributed by atoms with Crippen LogP contribution in [0.2, 0.25) is 0 Å². The van der Waals surface area contributed by atoms with Crippen LogP contribution in [0.1, 0.15) is 10.4 Å². The number of nitrogens with zero attached hydrogens (tertiary/aromatic N) is 3. The van der Waals surface area contributed by atoms with Gasteiger partial charge in [-0.05, 0) is 61.6 Å². The number of halogens is 1. The van der Waals surface area contributed by atoms with Gasteiger partial charge in [-0.15, -0.1) is 0 Å². The number of ether oxygens (including phenoxy) is 1. The van der Waals surface area contributed by atoms with Gasteiger partial charge >= 0.3 is 6.03 Å². The highest BCUT2D eigenvalue weighted by atomic mass is 19.1. The van der Waals surface area contributed by atoms with Crippen molar-refractivity contribution >= 4 is 29.1 Å². The molecule has 0 saturated carbocycles. The van der Waals surface area contributed by atoms with Crippen LogP contribution in [0, 0.1) is 5.82 Å². The molecule has 1 aliphatic rings. The third-order valence-corrected chi connectivity index (χ3v) is 5.62. The molecule has 2 heterocycles. The number of pyridine rings is 1. The van der Waals surface area contributed by atoms with Crippen LogP contribution >= 0.6 is 0 Å². The van der Waals surface area contributed by atoms with Gasteiger partial charge in [-0.2, -0.15) is 0 Å². The third kappa shape index (κ3) is 6.24. The lowest BCUT2D eigenvalue weighted by Gasteiger charge is -2.34. The van der Waals surface area contributed by atoms with Gasteiger partial charge in [-0.3, -0.25) is 10.1 Å². The number of piperazine rings is 1. The lowest BCUT2D eigenvalue weighted by atomic mass is 10.2. The molecule has 0 bridgehead atoms. The van der Waals surface area contributed by atoms with Gasteiger partial charge in [0.1, 0.15) is 23.1 Å². The van der Waals surface area contributed by atoms with Crippen LogP contribution in [-0.4, -0.2) is 62.1 Å². The van der Waals surface area contributed by atoms with E-state index in [1.54, 1.807) is 12.1 Å². The molecule has 1 saturated heterocycles. The van der Waals surface area contributed by atoms with E-state index in [9.17, 15) is 14.0 Å². The van der Waals surface area contributed by atoms with Crippen LogP contribution in [0.5, 0.6) is 11.5 Å². The summed E-state index contributed by atoms with van der Waals surface area (Å²) >= 11 is 0. The molecule has 0 radical (unpaired) electrons. The van der Waals surface area contributed by atoms with Crippen molar-refractivity contribution in [3.63, 3.8) is 0 Å². The number of anilines is 3. The lowest BCUT2D eigenvalue weighted by Crippen LogP contribution is -2.44. The van der Waals surface area contributed by atoms with Crippen LogP contribution in [0.4, 0.5) is 26.4 Å². The smallest absolute Gasteiger partial charge is 0.324 e. The summed E-state index contributed by atoms with van der Waals surface area (Å²) in [4.78, 5) is 32.9. The Kier molecular flexibility index (Phi) is 7.41. The van der Waals surface area contributed by atoms with E-state index in [0.717, 1.165) is 37.9 Å². The molecule has 3 N–H and O–H groups in total. The maximum absolute atomic E-state index is 13.8. The largest absolute Gasteiger partial charge is 0.456 e. The van der Waals surface area contributed by atoms with Gasteiger partial charge in [0.05, 0.1) is 11.8 Å². The molecule has 4 rings (SSSR count). The van der Waals surface area contributed by atoms with Crippen LogP contribution in [0.25, 0.3) is 0 Å². The second kappa shape index (κ2) is 10.8. The number of nitrogens with one attached hydrogen (secondary N) is 3. The second-order valence-corrected chi connectivity index (χ2v) is 8.12. The number of rotatable bonds is 6. The Morgan fingerprint density at radius 1 is 0.943 bits per heavy atom. The van der Waals surface area contributed by atoms with Gasteiger partial charge in [0.2, 0.25) is 0 Å². The first-order chi connectivity index (χ1) is 16.9. The van der Waals surface area contributed by atoms with Crippen molar-refractivity contribution in [3.05, 3.63) is 72.2 Å². The Morgan fingerprint density at radius 3 is 2.31 bits per heavy atom. The van der Waals surface area contributed by atoms with E-state index >= 15 is 0 Å². The van der Waals surface area contributed by atoms with Crippen LogP contribution in [0.3, 0.4) is 0 Å². The van der Waals surface area contributed by atoms with Gasteiger partial charge in [0.15, 0.2) is 0 Å². The van der Waals surface area contributed by atoms with Gasteiger partial charge in [-0.1, -0.05) is 0 Å². The average molecular weight is 479 g/mol. The molecule has 9 nitrogen and oxygen atoms in total. The molecule has 3 amide bonds. The first-order valence-corrected chi connectivity index (χ1v) is 11.2. The van der Waals surface area contributed by atoms with Gasteiger partial charge in [0.25, 0.3) is 5.91 Å². The molecule has 0 spiro atoms. The summed E-state index contributed by atoms with van der Waals surface area (Å²) in [7, 11) is 3.54. The Hall–Kier alpha value is -4.18. The lowest BCUT2D eigenvalue weighted by molar-refractivity contribution is 0.0958. The van der Waals surface area contributed by atoms with Crippen molar-refractivity contribution in [2.75, 3.05) is 55.8 Å². The Labute approximate surface area is 202 Å². The Bertz CT molecular complexity index is 1180. The molecular weight excluding hydrogens is 451 g/mol. The first-order valence-electron chi connectivity index (χ1n) is 11.2. The molecule has 10 heteroatoms. The van der Waals surface area contributed by atoms with Crippen molar-refractivity contribution in [1.82, 2.24) is 15.2 Å². The molecule has 1 aromatic heterocycles. The Morgan fingerprint density at radius 2 is 1.66 bits per heavy atom. The summed E-state index contributed by atoms with van der Waals surface area (Å²) < 4.78 is 19.5. The van der Waals surface area contributed by atoms with Crippen molar-refractivity contribution in [2.45, 2.75) is 0 Å². The molecule has 1 aliphatic heterocycles. The number of benzene rings is 2. The van der Waals surface area contributed by atoms with Crippen molar-refractivity contribution in [3.8, 4) is 11.5 Å². The van der Waals surface area contributed by atoms with Gasteiger partial charge in [0, 0.05) is 44.6 Å². The first kappa shape index (κ1) is 24.0. The molecule has 1 fully saturated rings. The van der Waals surface area contributed by atoms with E-state index < -0.39 is 17.8 Å². The van der Waals surface area contributed by atoms with E-state index in [1.165, 1.54) is 25.4 Å². The zero-order chi connectivity index (χ0) is 24.8. The van der Waals surface area contributed by atoms with Crippen LogP contribution in [0.15, 0.2) is 60.8 Å². The summed E-state index contributed by atoms with van der Waals surface area (Å²) in [6, 6.07) is 14.4. The number of amides is 3. The minimum absolute atomic E-state index is 0.121. The zero-order valence-electron chi connectivity index (χ0n) is 19.5. The fourth-order valence-electron chi connectivity index (χ4n) is 3.63. The van der Waals surface area contributed by atoms with E-state index in [0.29, 0.717) is 17.3 Å². The van der Waals surface area contributed by atoms with E-state index in [1.807, 2.05) is 24.3 Å². The van der Waals surface area contributed by atoms with E-state index in [-0.39, 0.29) is 11.3 Å². The average Bonchev–Trinajstić information content (AvgIpc) is 2.87. The standard InChI is InChI=1S/C25H27FN6O3/c1-27-24(33)21-15-19(7-9-22(21)26)35-20-8-10-23(28-16-20)30-25(34)29-17-3-5-18(6-4-17)32-13-11-31(2)12-14-32/h3-10,15-16H,11-14H2,1-2H3,(H,27,33)(H2,28,29,30,34). The predicted octanol–water partition coefficient (Wildman–Crippen LogP) is 3.77. The van der Waals surface area contributed by atoms with E-state index in [4.69, 9.17) is 4.74 Å². The number of carbonyl (C=O) groups is 2. The van der Waals surface area contributed by atoms with E-state index in [2.05, 4.69) is 37.8 Å². The molecule has 0 aliphatic carbocycles. The molecule has 2 aromatic carbocycles. The monoisotopic (exact) mass is 478 g/mol. The van der Waals surface area contributed by atoms with Gasteiger partial charge in [-0.25, -0.2) is 14.2 Å². The molecule has 35 heavy (non-hydrogen) atoms. The normalized spacial score (nSPS) is 13.7. The number of urea groups is 1. The van der Waals surface area contributed by atoms with Crippen molar-refractivity contribution in [2.24, 2.45) is 0 Å².